The quantitative estimate of drug-likeness (QED) is 0.0613. The Labute approximate surface area is 279 Å². The van der Waals surface area contributed by atoms with Crippen molar-refractivity contribution in [3.8, 4) is 0 Å². The number of aliphatic carboxylic acids is 1. The van der Waals surface area contributed by atoms with E-state index in [1.165, 1.54) is 11.8 Å². The number of alkyl carbamates (subject to hydrolysis) is 1. The molecule has 18 nitrogen and oxygen atoms in total. The molecular formula is C30H49N5O13. The third-order valence-corrected chi connectivity index (χ3v) is 6.53. The summed E-state index contributed by atoms with van der Waals surface area (Å²) in [7, 11) is 0. The van der Waals surface area contributed by atoms with Crippen LogP contribution in [0.5, 0.6) is 0 Å². The molecule has 0 radical (unpaired) electrons. The number of rotatable bonds is 24. The fourth-order valence-electron chi connectivity index (χ4n) is 4.16. The number of carboxylic acid groups (broad SMARTS) is 1. The van der Waals surface area contributed by atoms with Crippen molar-refractivity contribution in [2.45, 2.75) is 97.6 Å². The molecule has 0 aliphatic rings. The van der Waals surface area contributed by atoms with Crippen molar-refractivity contribution in [2.24, 2.45) is 0 Å². The van der Waals surface area contributed by atoms with Crippen molar-refractivity contribution in [3.63, 3.8) is 0 Å². The van der Waals surface area contributed by atoms with E-state index in [0.717, 1.165) is 12.0 Å². The molecule has 1 aromatic carbocycles. The molecule has 0 spiro atoms. The largest absolute Gasteiger partial charge is 0.480 e. The fraction of sp³-hybridized carbons (Fsp3) is 0.667. The number of amides is 2. The van der Waals surface area contributed by atoms with Crippen LogP contribution in [-0.4, -0.2) is 101 Å². The maximum Gasteiger partial charge on any atom is 0.409 e. The highest BCUT2D eigenvalue weighted by atomic mass is 17.0. The van der Waals surface area contributed by atoms with Crippen LogP contribution in [0.3, 0.4) is 0 Å². The van der Waals surface area contributed by atoms with E-state index in [-0.39, 0.29) is 37.9 Å². The zero-order chi connectivity index (χ0) is 36.5. The normalized spacial score (nSPS) is 12.9. The molecule has 0 bridgehead atoms. The fourth-order valence-corrected chi connectivity index (χ4v) is 4.16. The first-order valence-electron chi connectivity index (χ1n) is 15.7. The molecule has 0 saturated heterocycles. The van der Waals surface area contributed by atoms with E-state index in [0.29, 0.717) is 38.8 Å². The van der Waals surface area contributed by atoms with Crippen molar-refractivity contribution in [1.82, 2.24) is 15.5 Å². The van der Waals surface area contributed by atoms with Crippen molar-refractivity contribution in [2.75, 3.05) is 32.9 Å². The summed E-state index contributed by atoms with van der Waals surface area (Å²) in [6.45, 7) is 9.24. The van der Waals surface area contributed by atoms with E-state index < -0.39 is 46.7 Å². The Hall–Kier alpha value is -4.58. The van der Waals surface area contributed by atoms with Gasteiger partial charge in [-0.3, -0.25) is 24.5 Å². The van der Waals surface area contributed by atoms with Gasteiger partial charge < -0.3 is 29.6 Å². The molecule has 0 saturated carbocycles. The molecule has 3 N–H and O–H groups in total. The lowest BCUT2D eigenvalue weighted by molar-refractivity contribution is -0.777. The minimum absolute atomic E-state index is 0.0450. The first-order valence-corrected chi connectivity index (χ1v) is 15.7. The highest BCUT2D eigenvalue weighted by Crippen LogP contribution is 2.11. The number of ether oxygens (including phenoxy) is 2. The van der Waals surface area contributed by atoms with Gasteiger partial charge in [0.05, 0.1) is 18.7 Å². The molecule has 1 aromatic rings. The van der Waals surface area contributed by atoms with E-state index in [1.807, 2.05) is 44.2 Å². The Morgan fingerprint density at radius 2 is 1.62 bits per heavy atom. The van der Waals surface area contributed by atoms with Crippen LogP contribution in [0, 0.1) is 20.2 Å². The molecule has 0 aliphatic carbocycles. The van der Waals surface area contributed by atoms with Crippen LogP contribution < -0.4 is 10.6 Å². The van der Waals surface area contributed by atoms with Crippen molar-refractivity contribution in [1.29, 1.82) is 0 Å². The van der Waals surface area contributed by atoms with Gasteiger partial charge >= 0.3 is 12.1 Å². The van der Waals surface area contributed by atoms with Crippen molar-refractivity contribution >= 4 is 23.8 Å². The van der Waals surface area contributed by atoms with E-state index in [1.54, 1.807) is 13.8 Å². The summed E-state index contributed by atoms with van der Waals surface area (Å²) >= 11 is 0. The van der Waals surface area contributed by atoms with Gasteiger partial charge in [0.2, 0.25) is 12.2 Å². The van der Waals surface area contributed by atoms with E-state index >= 15 is 0 Å². The number of carbonyl (C=O) groups excluding carboxylic acids is 3. The molecule has 4 unspecified atom stereocenters. The number of nitrogens with zero attached hydrogens (tertiary/aromatic N) is 3. The highest BCUT2D eigenvalue weighted by molar-refractivity contribution is 5.90. The lowest BCUT2D eigenvalue weighted by Gasteiger charge is -2.32. The van der Waals surface area contributed by atoms with Gasteiger partial charge in [0.1, 0.15) is 12.6 Å². The SMILES string of the molecule is CCCN(C(=O)C(C)NC(CCc1ccccc1)C(=O)O)C(C)C(=O)CCCOCCO[N+](=O)[O-].CCCNC(=O)OC(C)O[N+](=O)[O-]. The van der Waals surface area contributed by atoms with Crippen LogP contribution in [0.25, 0.3) is 0 Å². The standard InChI is InChI=1S/C24H37N3O8.C6H12N2O5/c1-4-14-26(19(3)22(28)11-8-15-34-16-17-35-27(32)33)23(29)18(2)25-21(24(30)31)13-12-20-9-6-5-7-10-20;1-3-4-7-6(9)12-5(2)13-8(10)11/h5-7,9-10,18-19,21,25H,4,8,11-17H2,1-3H3,(H,30,31);5H,3-4H2,1-2H3,(H,7,9). The number of benzene rings is 1. The van der Waals surface area contributed by atoms with E-state index in [2.05, 4.69) is 25.0 Å². The summed E-state index contributed by atoms with van der Waals surface area (Å²) in [6, 6.07) is 7.18. The van der Waals surface area contributed by atoms with Gasteiger partial charge in [-0.2, -0.15) is 0 Å². The van der Waals surface area contributed by atoms with Gasteiger partial charge in [0.15, 0.2) is 5.78 Å². The van der Waals surface area contributed by atoms with Gasteiger partial charge in [-0.15, -0.1) is 20.2 Å². The maximum atomic E-state index is 13.1. The topological polar surface area (TPSA) is 239 Å². The first-order chi connectivity index (χ1) is 22.7. The summed E-state index contributed by atoms with van der Waals surface area (Å²) in [5.41, 5.74) is 1.01. The third kappa shape index (κ3) is 20.5. The van der Waals surface area contributed by atoms with Gasteiger partial charge in [0, 0.05) is 26.1 Å². The second-order valence-electron chi connectivity index (χ2n) is 10.5. The Morgan fingerprint density at radius 3 is 2.19 bits per heavy atom. The monoisotopic (exact) mass is 687 g/mol. The zero-order valence-corrected chi connectivity index (χ0v) is 28.2. The lowest BCUT2D eigenvalue weighted by atomic mass is 10.0. The minimum Gasteiger partial charge on any atom is -0.480 e. The Bertz CT molecular complexity index is 1130. The summed E-state index contributed by atoms with van der Waals surface area (Å²) in [5, 5.41) is 32.9. The Kier molecular flexibility index (Phi) is 23.1. The predicted molar refractivity (Wildman–Crippen MR) is 171 cm³/mol. The zero-order valence-electron chi connectivity index (χ0n) is 28.2. The summed E-state index contributed by atoms with van der Waals surface area (Å²) in [4.78, 5) is 77.8. The van der Waals surface area contributed by atoms with Crippen LogP contribution in [0.2, 0.25) is 0 Å². The Balaban J connectivity index is 0.00000143. The number of hydrogen-bond acceptors (Lipinski definition) is 13. The van der Waals surface area contributed by atoms with Crippen molar-refractivity contribution in [3.05, 3.63) is 56.1 Å². The van der Waals surface area contributed by atoms with Crippen LogP contribution in [0.4, 0.5) is 4.79 Å². The molecule has 272 valence electrons. The average molecular weight is 688 g/mol. The van der Waals surface area contributed by atoms with Gasteiger partial charge in [0.25, 0.3) is 10.2 Å². The van der Waals surface area contributed by atoms with Crippen molar-refractivity contribution < 1.29 is 53.6 Å². The number of Topliss-reactive ketones (excluding diaryl/α,β-unsaturated/α-hetero) is 1. The number of carboxylic acids is 1. The molecule has 4 atom stereocenters. The minimum atomic E-state index is -1.19. The molecule has 2 amide bonds. The third-order valence-electron chi connectivity index (χ3n) is 6.53. The summed E-state index contributed by atoms with van der Waals surface area (Å²) in [5.74, 6) is -1.50. The number of hydrogen-bond donors (Lipinski definition) is 3. The molecule has 1 rings (SSSR count). The molecule has 0 heterocycles. The number of ketones is 1. The van der Waals surface area contributed by atoms with Crippen LogP contribution in [-0.2, 0) is 40.0 Å². The number of aryl methyl sites for hydroxylation is 1. The molecule has 18 heteroatoms. The number of carbonyl (C=O) groups is 4. The van der Waals surface area contributed by atoms with Crippen LogP contribution >= 0.6 is 0 Å². The molecule has 0 fully saturated rings. The van der Waals surface area contributed by atoms with Gasteiger partial charge in [-0.05, 0) is 58.4 Å². The summed E-state index contributed by atoms with van der Waals surface area (Å²) in [6.07, 6.45) is 0.964. The molecule has 0 aliphatic heterocycles. The average Bonchev–Trinajstić information content (AvgIpc) is 3.03. The predicted octanol–water partition coefficient (Wildman–Crippen LogP) is 2.93. The smallest absolute Gasteiger partial charge is 0.409 e. The van der Waals surface area contributed by atoms with Gasteiger partial charge in [-0.1, -0.05) is 44.2 Å². The van der Waals surface area contributed by atoms with E-state index in [4.69, 9.17) is 4.74 Å². The number of nitrogens with one attached hydrogen (secondary N) is 2. The summed E-state index contributed by atoms with van der Waals surface area (Å²) < 4.78 is 9.65. The molecule has 48 heavy (non-hydrogen) atoms. The first kappa shape index (κ1) is 43.4. The van der Waals surface area contributed by atoms with Crippen LogP contribution in [0.1, 0.15) is 72.3 Å². The van der Waals surface area contributed by atoms with E-state index in [9.17, 15) is 44.5 Å². The second-order valence-corrected chi connectivity index (χ2v) is 10.5. The molecular weight excluding hydrogens is 638 g/mol. The molecule has 0 aromatic heterocycles. The Morgan fingerprint density at radius 1 is 0.958 bits per heavy atom. The lowest BCUT2D eigenvalue weighted by Crippen LogP contribution is -2.54. The van der Waals surface area contributed by atoms with Gasteiger partial charge in [-0.25, -0.2) is 4.79 Å². The second kappa shape index (κ2) is 25.5. The van der Waals surface area contributed by atoms with Crippen LogP contribution in [0.15, 0.2) is 30.3 Å². The highest BCUT2D eigenvalue weighted by Gasteiger charge is 2.30. The maximum absolute atomic E-state index is 13.1.